The molecule has 6 nitrogen and oxygen atoms in total. The number of aromatic nitrogens is 4. The van der Waals surface area contributed by atoms with Gasteiger partial charge in [-0.05, 0) is 76.9 Å². The van der Waals surface area contributed by atoms with Crippen LogP contribution in [0.25, 0.3) is 132 Å². The van der Waals surface area contributed by atoms with Crippen LogP contribution >= 0.6 is 0 Å². The second-order valence-corrected chi connectivity index (χ2v) is 17.9. The van der Waals surface area contributed by atoms with Crippen molar-refractivity contribution >= 4 is 55.0 Å². The monoisotopic (exact) mass is 916 g/mol. The van der Waals surface area contributed by atoms with Gasteiger partial charge >= 0.3 is 0 Å². The van der Waals surface area contributed by atoms with E-state index in [0.29, 0.717) is 17.2 Å². The Balaban J connectivity index is 1.11. The van der Waals surface area contributed by atoms with E-state index in [9.17, 15) is 0 Å². The lowest BCUT2D eigenvalue weighted by Crippen LogP contribution is -2.02. The van der Waals surface area contributed by atoms with Crippen molar-refractivity contribution in [2.45, 2.75) is 0 Å². The molecule has 0 spiro atoms. The number of hydrogen-bond donors (Lipinski definition) is 0. The Morgan fingerprint density at radius 1 is 0.292 bits per heavy atom. The Kier molecular flexibility index (Phi) is 10.2. The van der Waals surface area contributed by atoms with Gasteiger partial charge in [-0.25, -0.2) is 19.7 Å². The number of fused-ring (bicyclic) bond motifs is 6. The van der Waals surface area contributed by atoms with E-state index in [2.05, 4.69) is 177 Å². The van der Waals surface area contributed by atoms with Gasteiger partial charge in [0.05, 0.1) is 58.0 Å². The van der Waals surface area contributed by atoms with Gasteiger partial charge in [-0.15, -0.1) is 0 Å². The number of rotatable bonds is 8. The van der Waals surface area contributed by atoms with E-state index < -0.39 is 0 Å². The minimum atomic E-state index is 0.606. The largest absolute Gasteiger partial charge is 0.309 e. The van der Waals surface area contributed by atoms with E-state index in [1.807, 2.05) is 84.9 Å². The van der Waals surface area contributed by atoms with Crippen LogP contribution in [-0.4, -0.2) is 19.1 Å². The highest BCUT2D eigenvalue weighted by Gasteiger charge is 2.23. The van der Waals surface area contributed by atoms with Gasteiger partial charge in [0.1, 0.15) is 0 Å². The second kappa shape index (κ2) is 17.4. The van der Waals surface area contributed by atoms with Crippen LogP contribution in [0.3, 0.4) is 0 Å². The quantitative estimate of drug-likeness (QED) is 0.143. The molecule has 72 heavy (non-hydrogen) atoms. The van der Waals surface area contributed by atoms with Crippen molar-refractivity contribution in [1.29, 1.82) is 0 Å². The van der Waals surface area contributed by atoms with Crippen molar-refractivity contribution in [1.82, 2.24) is 19.1 Å². The third-order valence-corrected chi connectivity index (χ3v) is 13.8. The summed E-state index contributed by atoms with van der Waals surface area (Å²) in [7, 11) is 0. The molecule has 3 aromatic heterocycles. The van der Waals surface area contributed by atoms with Gasteiger partial charge < -0.3 is 9.13 Å². The van der Waals surface area contributed by atoms with Crippen LogP contribution in [0, 0.1) is 13.1 Å². The van der Waals surface area contributed by atoms with E-state index in [-0.39, 0.29) is 0 Å². The Morgan fingerprint density at radius 3 is 1.29 bits per heavy atom. The molecular weight excluding hydrogens is 877 g/mol. The normalized spacial score (nSPS) is 11.3. The first-order chi connectivity index (χ1) is 35.6. The van der Waals surface area contributed by atoms with E-state index in [1.165, 1.54) is 10.8 Å². The van der Waals surface area contributed by atoms with Crippen molar-refractivity contribution in [3.8, 4) is 78.7 Å². The lowest BCUT2D eigenvalue weighted by atomic mass is 9.97. The summed E-state index contributed by atoms with van der Waals surface area (Å²) in [5, 5.41) is 4.57. The zero-order valence-corrected chi connectivity index (χ0v) is 38.8. The predicted molar refractivity (Wildman–Crippen MR) is 296 cm³/mol. The Bertz CT molecular complexity index is 4100. The van der Waals surface area contributed by atoms with Gasteiger partial charge in [-0.2, -0.15) is 0 Å². The molecule has 0 radical (unpaired) electrons. The van der Waals surface area contributed by atoms with Gasteiger partial charge in [0.15, 0.2) is 17.2 Å². The highest BCUT2D eigenvalue weighted by Crippen LogP contribution is 2.44. The van der Waals surface area contributed by atoms with Crippen molar-refractivity contribution in [2.75, 3.05) is 0 Å². The molecule has 0 N–H and O–H groups in total. The zero-order valence-electron chi connectivity index (χ0n) is 38.8. The number of benzene rings is 10. The van der Waals surface area contributed by atoms with E-state index in [1.54, 1.807) is 0 Å². The van der Waals surface area contributed by atoms with Crippen LogP contribution in [-0.2, 0) is 0 Å². The molecule has 0 unspecified atom stereocenters. The Hall–Kier alpha value is -10.1. The molecular formula is C66H40N6. The average molecular weight is 917 g/mol. The summed E-state index contributed by atoms with van der Waals surface area (Å²) in [4.78, 5) is 17.8. The van der Waals surface area contributed by atoms with Crippen molar-refractivity contribution in [2.24, 2.45) is 0 Å². The van der Waals surface area contributed by atoms with Crippen molar-refractivity contribution < 1.29 is 0 Å². The fraction of sp³-hybridized carbons (Fsp3) is 0. The molecule has 0 saturated carbocycles. The molecule has 0 amide bonds. The summed E-state index contributed by atoms with van der Waals surface area (Å²) in [6, 6.07) is 84.5. The summed E-state index contributed by atoms with van der Waals surface area (Å²) in [6.07, 6.45) is 0. The smallest absolute Gasteiger partial charge is 0.187 e. The van der Waals surface area contributed by atoms with Gasteiger partial charge in [-0.1, -0.05) is 188 Å². The standard InChI is InChI=1S/C66H40N6/c1-67-50-32-25-43(26-33-50)47-30-37-63-56(39-47)57-40-48(44-27-34-51(68-2)35-28-44)31-38-64(57)72(63)65-41-49(59-42-58(45-15-5-3-6-16-45)69-66(70-59)46-17-7-4-8-18-46)29-36-55(65)54-21-11-14-24-62(54)71-60-22-12-9-19-52(60)53-20-10-13-23-61(53)71/h3-42H. The summed E-state index contributed by atoms with van der Waals surface area (Å²) in [6.45, 7) is 15.2. The molecule has 0 fully saturated rings. The second-order valence-electron chi connectivity index (χ2n) is 17.9. The maximum absolute atomic E-state index is 7.59. The van der Waals surface area contributed by atoms with Crippen LogP contribution in [0.4, 0.5) is 11.4 Å². The molecule has 6 heteroatoms. The average Bonchev–Trinajstić information content (AvgIpc) is 3.97. The molecule has 0 saturated heterocycles. The Morgan fingerprint density at radius 2 is 0.722 bits per heavy atom. The lowest BCUT2D eigenvalue weighted by Gasteiger charge is -2.20. The van der Waals surface area contributed by atoms with E-state index >= 15 is 0 Å². The number of nitrogens with zero attached hydrogens (tertiary/aromatic N) is 6. The fourth-order valence-corrected chi connectivity index (χ4v) is 10.3. The SMILES string of the molecule is [C-]#[N+]c1ccc(-c2ccc3c(c2)c2cc(-c4ccc([N+]#[C-])cc4)ccc2n3-c2cc(-c3cc(-c4ccccc4)nc(-c4ccccc4)n3)ccc2-c2ccccc2-n2c3ccccc3c3ccccc32)cc1. The molecule has 13 aromatic rings. The van der Waals surface area contributed by atoms with Crippen LogP contribution in [0.5, 0.6) is 0 Å². The summed E-state index contributed by atoms with van der Waals surface area (Å²) in [5.41, 5.74) is 18.5. The molecule has 3 heterocycles. The topological polar surface area (TPSA) is 44.4 Å². The minimum absolute atomic E-state index is 0.606. The summed E-state index contributed by atoms with van der Waals surface area (Å²) >= 11 is 0. The molecule has 334 valence electrons. The van der Waals surface area contributed by atoms with Crippen LogP contribution in [0.1, 0.15) is 0 Å². The molecule has 13 rings (SSSR count). The highest BCUT2D eigenvalue weighted by molar-refractivity contribution is 6.13. The van der Waals surface area contributed by atoms with E-state index in [0.717, 1.165) is 106 Å². The van der Waals surface area contributed by atoms with Crippen LogP contribution in [0.15, 0.2) is 243 Å². The first-order valence-corrected chi connectivity index (χ1v) is 23.9. The minimum Gasteiger partial charge on any atom is -0.309 e. The van der Waals surface area contributed by atoms with Gasteiger partial charge in [0.2, 0.25) is 0 Å². The number of para-hydroxylation sites is 3. The lowest BCUT2D eigenvalue weighted by molar-refractivity contribution is 1.15. The third kappa shape index (κ3) is 7.19. The predicted octanol–water partition coefficient (Wildman–Crippen LogP) is 17.8. The first-order valence-electron chi connectivity index (χ1n) is 23.9. The van der Waals surface area contributed by atoms with E-state index in [4.69, 9.17) is 23.1 Å². The maximum atomic E-state index is 7.59. The fourth-order valence-electron chi connectivity index (χ4n) is 10.3. The molecule has 0 aliphatic heterocycles. The highest BCUT2D eigenvalue weighted by atomic mass is 15.0. The van der Waals surface area contributed by atoms with Crippen LogP contribution < -0.4 is 0 Å². The molecule has 0 aliphatic rings. The van der Waals surface area contributed by atoms with Gasteiger partial charge in [0, 0.05) is 49.4 Å². The summed E-state index contributed by atoms with van der Waals surface area (Å²) < 4.78 is 4.82. The maximum Gasteiger partial charge on any atom is 0.187 e. The van der Waals surface area contributed by atoms with Crippen molar-refractivity contribution in [3.05, 3.63) is 265 Å². The van der Waals surface area contributed by atoms with Crippen molar-refractivity contribution in [3.63, 3.8) is 0 Å². The van der Waals surface area contributed by atoms with Gasteiger partial charge in [0.25, 0.3) is 0 Å². The van der Waals surface area contributed by atoms with Crippen LogP contribution in [0.2, 0.25) is 0 Å². The molecule has 0 bridgehead atoms. The molecule has 0 aliphatic carbocycles. The molecule has 10 aromatic carbocycles. The van der Waals surface area contributed by atoms with Gasteiger partial charge in [-0.3, -0.25) is 0 Å². The first kappa shape index (κ1) is 42.0. The summed E-state index contributed by atoms with van der Waals surface area (Å²) in [5.74, 6) is 0.653. The number of hydrogen-bond acceptors (Lipinski definition) is 2. The third-order valence-electron chi connectivity index (χ3n) is 13.8. The molecule has 0 atom stereocenters. The Labute approximate surface area is 416 Å². The zero-order chi connectivity index (χ0) is 48.1.